The minimum absolute atomic E-state index is 0.00529. The third-order valence-electron chi connectivity index (χ3n) is 3.27. The Labute approximate surface area is 115 Å². The molecule has 2 N–H and O–H groups in total. The van der Waals surface area contributed by atoms with E-state index >= 15 is 0 Å². The van der Waals surface area contributed by atoms with Crippen molar-refractivity contribution in [1.82, 2.24) is 5.32 Å². The molecule has 0 spiro atoms. The summed E-state index contributed by atoms with van der Waals surface area (Å²) >= 11 is 0. The van der Waals surface area contributed by atoms with Gasteiger partial charge in [0.15, 0.2) is 0 Å². The Morgan fingerprint density at radius 1 is 1.55 bits per heavy atom. The third-order valence-corrected chi connectivity index (χ3v) is 3.27. The molecule has 0 saturated heterocycles. The van der Waals surface area contributed by atoms with Crippen molar-refractivity contribution in [3.63, 3.8) is 0 Å². The van der Waals surface area contributed by atoms with Crippen LogP contribution >= 0.6 is 0 Å². The van der Waals surface area contributed by atoms with Gasteiger partial charge in [-0.2, -0.15) is 4.39 Å². The van der Waals surface area contributed by atoms with Gasteiger partial charge in [-0.25, -0.2) is 0 Å². The van der Waals surface area contributed by atoms with Gasteiger partial charge in [0.25, 0.3) is 5.91 Å². The van der Waals surface area contributed by atoms with Crippen LogP contribution in [0.5, 0.6) is 0 Å². The Kier molecular flexibility index (Phi) is 5.15. The highest BCUT2D eigenvalue weighted by Crippen LogP contribution is 2.19. The molecule has 1 atom stereocenters. The van der Waals surface area contributed by atoms with Gasteiger partial charge >= 0.3 is 5.69 Å². The zero-order valence-electron chi connectivity index (χ0n) is 11.4. The molecule has 1 aromatic rings. The van der Waals surface area contributed by atoms with Crippen molar-refractivity contribution in [2.75, 3.05) is 6.61 Å². The summed E-state index contributed by atoms with van der Waals surface area (Å²) in [5.74, 6) is -1.58. The number of hydrogen-bond acceptors (Lipinski definition) is 4. The molecule has 0 radical (unpaired) electrons. The lowest BCUT2D eigenvalue weighted by atomic mass is 9.94. The zero-order valence-corrected chi connectivity index (χ0v) is 11.4. The minimum Gasteiger partial charge on any atom is -0.396 e. The maximum Gasteiger partial charge on any atom is 0.304 e. The van der Waals surface area contributed by atoms with E-state index in [0.717, 1.165) is 12.1 Å². The molecule has 0 saturated carbocycles. The number of benzene rings is 1. The molecule has 0 heterocycles. The second kappa shape index (κ2) is 6.42. The number of halogens is 1. The molecular weight excluding hydrogens is 267 g/mol. The quantitative estimate of drug-likeness (QED) is 0.617. The molecule has 1 amide bonds. The average molecular weight is 284 g/mol. The zero-order chi connectivity index (χ0) is 15.3. The molecule has 1 aromatic carbocycles. The Balaban J connectivity index is 2.93. The van der Waals surface area contributed by atoms with Gasteiger partial charge in [0, 0.05) is 23.8 Å². The van der Waals surface area contributed by atoms with Crippen molar-refractivity contribution >= 4 is 11.6 Å². The summed E-state index contributed by atoms with van der Waals surface area (Å²) in [7, 11) is 0. The van der Waals surface area contributed by atoms with Crippen LogP contribution in [0.3, 0.4) is 0 Å². The van der Waals surface area contributed by atoms with Crippen LogP contribution in [0.1, 0.15) is 37.0 Å². The van der Waals surface area contributed by atoms with E-state index in [1.165, 1.54) is 6.07 Å². The number of carbonyl (C=O) groups excluding carboxylic acids is 1. The fourth-order valence-electron chi connectivity index (χ4n) is 1.72. The summed E-state index contributed by atoms with van der Waals surface area (Å²) in [5, 5.41) is 22.2. The number of nitrogens with zero attached hydrogens (tertiary/aromatic N) is 1. The Bertz CT molecular complexity index is 521. The largest absolute Gasteiger partial charge is 0.396 e. The van der Waals surface area contributed by atoms with E-state index in [1.807, 2.05) is 6.92 Å². The van der Waals surface area contributed by atoms with Crippen molar-refractivity contribution in [1.29, 1.82) is 0 Å². The van der Waals surface area contributed by atoms with Crippen LogP contribution in [0.15, 0.2) is 18.2 Å². The van der Waals surface area contributed by atoms with Gasteiger partial charge in [0.2, 0.25) is 5.82 Å². The molecule has 6 nitrogen and oxygen atoms in total. The van der Waals surface area contributed by atoms with E-state index in [2.05, 4.69) is 5.32 Å². The topological polar surface area (TPSA) is 92.5 Å². The van der Waals surface area contributed by atoms with Crippen molar-refractivity contribution < 1.29 is 19.2 Å². The number of rotatable bonds is 6. The van der Waals surface area contributed by atoms with E-state index in [4.69, 9.17) is 5.11 Å². The van der Waals surface area contributed by atoms with Crippen molar-refractivity contribution in [3.05, 3.63) is 39.7 Å². The highest BCUT2D eigenvalue weighted by atomic mass is 19.1. The first kappa shape index (κ1) is 16.0. The standard InChI is InChI=1S/C13H17FN2O4/c1-3-13(2,6-7-17)15-12(18)9-4-5-11(16(19)20)10(14)8-9/h4-5,8,17H,3,6-7H2,1-2H3,(H,15,18). The second-order valence-corrected chi connectivity index (χ2v) is 4.77. The van der Waals surface area contributed by atoms with Crippen LogP contribution in [0.25, 0.3) is 0 Å². The van der Waals surface area contributed by atoms with Crippen molar-refractivity contribution in [2.45, 2.75) is 32.2 Å². The SMILES string of the molecule is CCC(C)(CCO)NC(=O)c1ccc([N+](=O)[O-])c(F)c1. The number of aliphatic hydroxyl groups is 1. The highest BCUT2D eigenvalue weighted by Gasteiger charge is 2.25. The van der Waals surface area contributed by atoms with Crippen LogP contribution in [0, 0.1) is 15.9 Å². The fourth-order valence-corrected chi connectivity index (χ4v) is 1.72. The van der Waals surface area contributed by atoms with E-state index in [1.54, 1.807) is 6.92 Å². The number of amides is 1. The van der Waals surface area contributed by atoms with Gasteiger partial charge in [-0.1, -0.05) is 6.92 Å². The fraction of sp³-hybridized carbons (Fsp3) is 0.462. The smallest absolute Gasteiger partial charge is 0.304 e. The second-order valence-electron chi connectivity index (χ2n) is 4.77. The molecule has 0 aliphatic heterocycles. The lowest BCUT2D eigenvalue weighted by Crippen LogP contribution is -2.46. The van der Waals surface area contributed by atoms with Gasteiger partial charge < -0.3 is 10.4 Å². The van der Waals surface area contributed by atoms with Gasteiger partial charge in [0.1, 0.15) is 0 Å². The summed E-state index contributed by atoms with van der Waals surface area (Å²) in [4.78, 5) is 21.7. The molecule has 20 heavy (non-hydrogen) atoms. The molecule has 1 unspecified atom stereocenters. The first-order valence-electron chi connectivity index (χ1n) is 6.20. The first-order chi connectivity index (χ1) is 9.33. The number of nitro groups is 1. The lowest BCUT2D eigenvalue weighted by Gasteiger charge is -2.29. The van der Waals surface area contributed by atoms with E-state index < -0.39 is 27.9 Å². The monoisotopic (exact) mass is 284 g/mol. The lowest BCUT2D eigenvalue weighted by molar-refractivity contribution is -0.387. The van der Waals surface area contributed by atoms with Gasteiger partial charge in [-0.15, -0.1) is 0 Å². The summed E-state index contributed by atoms with van der Waals surface area (Å²) in [5.41, 5.74) is -1.27. The van der Waals surface area contributed by atoms with Crippen molar-refractivity contribution in [3.8, 4) is 0 Å². The van der Waals surface area contributed by atoms with Gasteiger partial charge in [-0.3, -0.25) is 14.9 Å². The average Bonchev–Trinajstić information content (AvgIpc) is 2.38. The molecule has 110 valence electrons. The number of nitro benzene ring substituents is 1. The number of carbonyl (C=O) groups is 1. The summed E-state index contributed by atoms with van der Waals surface area (Å²) in [6, 6.07) is 2.99. The van der Waals surface area contributed by atoms with Gasteiger partial charge in [-0.05, 0) is 31.9 Å². The van der Waals surface area contributed by atoms with Crippen LogP contribution < -0.4 is 5.32 Å². The predicted octanol–water partition coefficient (Wildman–Crippen LogP) is 2.01. The Morgan fingerprint density at radius 3 is 2.65 bits per heavy atom. The molecule has 7 heteroatoms. The van der Waals surface area contributed by atoms with Crippen LogP contribution in [-0.4, -0.2) is 28.1 Å². The normalized spacial score (nSPS) is 13.6. The molecule has 1 rings (SSSR count). The predicted molar refractivity (Wildman–Crippen MR) is 70.9 cm³/mol. The molecule has 0 aromatic heterocycles. The summed E-state index contributed by atoms with van der Waals surface area (Å²) in [6.45, 7) is 3.54. The maximum absolute atomic E-state index is 13.5. The summed E-state index contributed by atoms with van der Waals surface area (Å²) < 4.78 is 13.5. The minimum atomic E-state index is -1.05. The molecule has 0 aliphatic carbocycles. The Morgan fingerprint density at radius 2 is 2.20 bits per heavy atom. The molecule has 0 fully saturated rings. The first-order valence-corrected chi connectivity index (χ1v) is 6.20. The summed E-state index contributed by atoms with van der Waals surface area (Å²) in [6.07, 6.45) is 0.958. The van der Waals surface area contributed by atoms with Crippen molar-refractivity contribution in [2.24, 2.45) is 0 Å². The van der Waals surface area contributed by atoms with E-state index in [9.17, 15) is 19.3 Å². The van der Waals surface area contributed by atoms with E-state index in [0.29, 0.717) is 12.8 Å². The molecular formula is C13H17FN2O4. The highest BCUT2D eigenvalue weighted by molar-refractivity contribution is 5.94. The van der Waals surface area contributed by atoms with Gasteiger partial charge in [0.05, 0.1) is 4.92 Å². The number of hydrogen-bond donors (Lipinski definition) is 2. The van der Waals surface area contributed by atoms with Crippen LogP contribution in [-0.2, 0) is 0 Å². The number of nitrogens with one attached hydrogen (secondary N) is 1. The van der Waals surface area contributed by atoms with Crippen LogP contribution in [0.4, 0.5) is 10.1 Å². The Hall–Kier alpha value is -2.02. The number of aliphatic hydroxyl groups excluding tert-OH is 1. The molecule has 0 bridgehead atoms. The third kappa shape index (κ3) is 3.74. The molecule has 0 aliphatic rings. The van der Waals surface area contributed by atoms with Crippen LogP contribution in [0.2, 0.25) is 0 Å². The maximum atomic E-state index is 13.5. The van der Waals surface area contributed by atoms with E-state index in [-0.39, 0.29) is 12.2 Å².